The van der Waals surface area contributed by atoms with E-state index in [9.17, 15) is 4.39 Å². The van der Waals surface area contributed by atoms with Gasteiger partial charge < -0.3 is 4.42 Å². The third-order valence-electron chi connectivity index (χ3n) is 2.71. The fourth-order valence-corrected chi connectivity index (χ4v) is 2.50. The lowest BCUT2D eigenvalue weighted by molar-refractivity contribution is 0.465. The van der Waals surface area contributed by atoms with Crippen LogP contribution in [0.1, 0.15) is 5.69 Å². The number of aromatic nitrogens is 4. The van der Waals surface area contributed by atoms with Crippen molar-refractivity contribution in [2.24, 2.45) is 7.05 Å². The summed E-state index contributed by atoms with van der Waals surface area (Å²) in [4.78, 5) is 0. The maximum Gasteiger partial charge on any atom is 0.277 e. The molecule has 0 saturated carbocycles. The molecule has 0 bridgehead atoms. The van der Waals surface area contributed by atoms with Gasteiger partial charge in [-0.1, -0.05) is 23.4 Å². The van der Waals surface area contributed by atoms with Gasteiger partial charge in [-0.25, -0.2) is 4.39 Å². The smallest absolute Gasteiger partial charge is 0.277 e. The zero-order valence-electron chi connectivity index (χ0n) is 11.0. The molecular weight excluding hydrogens is 315 g/mol. The molecule has 2 heterocycles. The van der Waals surface area contributed by atoms with Crippen LogP contribution in [-0.4, -0.2) is 20.0 Å². The Morgan fingerprint density at radius 1 is 1.29 bits per heavy atom. The zero-order valence-corrected chi connectivity index (χ0v) is 12.5. The normalized spacial score (nSPS) is 11.0. The Bertz CT molecular complexity index is 736. The molecule has 0 atom stereocenters. The van der Waals surface area contributed by atoms with Crippen molar-refractivity contribution in [2.45, 2.75) is 11.0 Å². The second kappa shape index (κ2) is 5.87. The van der Waals surface area contributed by atoms with Crippen molar-refractivity contribution in [3.05, 3.63) is 47.0 Å². The van der Waals surface area contributed by atoms with Gasteiger partial charge in [-0.2, -0.15) is 5.10 Å². The Labute approximate surface area is 129 Å². The summed E-state index contributed by atoms with van der Waals surface area (Å²) in [6.07, 6.45) is 0. The zero-order chi connectivity index (χ0) is 14.8. The van der Waals surface area contributed by atoms with Gasteiger partial charge in [0.1, 0.15) is 11.0 Å². The summed E-state index contributed by atoms with van der Waals surface area (Å²) in [5.41, 5.74) is 1.51. The van der Waals surface area contributed by atoms with E-state index in [1.807, 2.05) is 0 Å². The van der Waals surface area contributed by atoms with Gasteiger partial charge in [0, 0.05) is 18.4 Å². The average Bonchev–Trinajstić information content (AvgIpc) is 3.05. The molecule has 3 aromatic rings. The van der Waals surface area contributed by atoms with Crippen LogP contribution in [0.3, 0.4) is 0 Å². The van der Waals surface area contributed by atoms with Gasteiger partial charge in [-0.15, -0.1) is 10.2 Å². The van der Waals surface area contributed by atoms with E-state index in [4.69, 9.17) is 16.0 Å². The van der Waals surface area contributed by atoms with Crippen LogP contribution in [0.2, 0.25) is 5.15 Å². The Balaban J connectivity index is 1.69. The molecule has 0 N–H and O–H groups in total. The average molecular weight is 325 g/mol. The van der Waals surface area contributed by atoms with Crippen LogP contribution in [0.4, 0.5) is 4.39 Å². The van der Waals surface area contributed by atoms with Crippen LogP contribution < -0.4 is 0 Å². The molecule has 0 amide bonds. The number of aryl methyl sites for hydroxylation is 1. The van der Waals surface area contributed by atoms with Gasteiger partial charge in [0.15, 0.2) is 0 Å². The highest BCUT2D eigenvalue weighted by molar-refractivity contribution is 7.98. The molecule has 0 aliphatic rings. The molecule has 3 rings (SSSR count). The number of hydrogen-bond donors (Lipinski definition) is 0. The molecule has 0 radical (unpaired) electrons. The molecule has 21 heavy (non-hydrogen) atoms. The summed E-state index contributed by atoms with van der Waals surface area (Å²) in [7, 11) is 1.77. The molecule has 0 fully saturated rings. The quantitative estimate of drug-likeness (QED) is 0.687. The highest BCUT2D eigenvalue weighted by atomic mass is 35.5. The predicted octanol–water partition coefficient (Wildman–Crippen LogP) is 3.55. The van der Waals surface area contributed by atoms with Gasteiger partial charge in [0.2, 0.25) is 5.89 Å². The number of benzene rings is 1. The van der Waals surface area contributed by atoms with Gasteiger partial charge in [-0.3, -0.25) is 4.68 Å². The summed E-state index contributed by atoms with van der Waals surface area (Å²) in [6.45, 7) is 0. The Hall–Kier alpha value is -1.86. The lowest BCUT2D eigenvalue weighted by atomic mass is 10.2. The van der Waals surface area contributed by atoms with Crippen LogP contribution in [0.25, 0.3) is 11.5 Å². The monoisotopic (exact) mass is 324 g/mol. The molecule has 108 valence electrons. The summed E-state index contributed by atoms with van der Waals surface area (Å²) in [5.74, 6) is 0.627. The maximum absolute atomic E-state index is 12.9. The first-order chi connectivity index (χ1) is 10.1. The van der Waals surface area contributed by atoms with E-state index >= 15 is 0 Å². The van der Waals surface area contributed by atoms with Crippen LogP contribution >= 0.6 is 23.4 Å². The lowest BCUT2D eigenvalue weighted by Gasteiger charge is -1.94. The Morgan fingerprint density at radius 3 is 2.71 bits per heavy atom. The van der Waals surface area contributed by atoms with Crippen molar-refractivity contribution in [1.82, 2.24) is 20.0 Å². The van der Waals surface area contributed by atoms with Crippen molar-refractivity contribution < 1.29 is 8.81 Å². The third kappa shape index (κ3) is 3.25. The molecule has 0 saturated heterocycles. The fraction of sp³-hybridized carbons (Fsp3) is 0.154. The summed E-state index contributed by atoms with van der Waals surface area (Å²) in [5, 5.41) is 13.1. The van der Waals surface area contributed by atoms with Crippen LogP contribution in [0, 0.1) is 5.82 Å². The van der Waals surface area contributed by atoms with Crippen molar-refractivity contribution >= 4 is 23.4 Å². The van der Waals surface area contributed by atoms with E-state index < -0.39 is 0 Å². The van der Waals surface area contributed by atoms with E-state index in [0.717, 1.165) is 5.69 Å². The fourth-order valence-electron chi connectivity index (χ4n) is 1.68. The van der Waals surface area contributed by atoms with E-state index in [-0.39, 0.29) is 5.82 Å². The van der Waals surface area contributed by atoms with Crippen molar-refractivity contribution in [3.63, 3.8) is 0 Å². The van der Waals surface area contributed by atoms with Crippen LogP contribution in [0.15, 0.2) is 40.0 Å². The predicted molar refractivity (Wildman–Crippen MR) is 77.5 cm³/mol. The highest BCUT2D eigenvalue weighted by Crippen LogP contribution is 2.26. The van der Waals surface area contributed by atoms with Crippen LogP contribution in [-0.2, 0) is 12.8 Å². The van der Waals surface area contributed by atoms with E-state index in [1.54, 1.807) is 29.9 Å². The summed E-state index contributed by atoms with van der Waals surface area (Å²) in [6, 6.07) is 7.67. The third-order valence-corrected chi connectivity index (χ3v) is 3.92. The molecule has 0 unspecified atom stereocenters. The number of hydrogen-bond acceptors (Lipinski definition) is 5. The number of rotatable bonds is 4. The van der Waals surface area contributed by atoms with Crippen molar-refractivity contribution in [1.29, 1.82) is 0 Å². The van der Waals surface area contributed by atoms with Gasteiger partial charge >= 0.3 is 0 Å². The minimum absolute atomic E-state index is 0.306. The first kappa shape index (κ1) is 14.1. The molecule has 2 aromatic heterocycles. The van der Waals surface area contributed by atoms with E-state index in [1.165, 1.54) is 23.9 Å². The Morgan fingerprint density at radius 2 is 2.05 bits per heavy atom. The van der Waals surface area contributed by atoms with E-state index in [2.05, 4.69) is 15.3 Å². The SMILES string of the molecule is Cn1nc(CSc2nnc(-c3ccc(F)cc3)o2)cc1Cl. The standard InChI is InChI=1S/C13H10ClFN4OS/c1-19-11(14)6-10(18-19)7-21-13-17-16-12(20-13)8-2-4-9(15)5-3-8/h2-6H,7H2,1H3. The molecule has 0 aliphatic heterocycles. The maximum atomic E-state index is 12.9. The van der Waals surface area contributed by atoms with Crippen LogP contribution in [0.5, 0.6) is 0 Å². The molecule has 0 aliphatic carbocycles. The molecule has 0 spiro atoms. The topological polar surface area (TPSA) is 56.7 Å². The number of halogens is 2. The largest absolute Gasteiger partial charge is 0.411 e. The Kier molecular flexibility index (Phi) is 3.94. The van der Waals surface area contributed by atoms with Gasteiger partial charge in [0.25, 0.3) is 5.22 Å². The molecule has 1 aromatic carbocycles. The summed E-state index contributed by atoms with van der Waals surface area (Å²) >= 11 is 7.28. The van der Waals surface area contributed by atoms with E-state index in [0.29, 0.717) is 27.6 Å². The van der Waals surface area contributed by atoms with Gasteiger partial charge in [-0.05, 0) is 30.3 Å². The number of nitrogens with zero attached hydrogens (tertiary/aromatic N) is 4. The first-order valence-corrected chi connectivity index (χ1v) is 7.39. The second-order valence-corrected chi connectivity index (χ2v) is 5.56. The second-order valence-electron chi connectivity index (χ2n) is 4.25. The van der Waals surface area contributed by atoms with Crippen molar-refractivity contribution in [2.75, 3.05) is 0 Å². The number of thioether (sulfide) groups is 1. The summed E-state index contributed by atoms with van der Waals surface area (Å²) < 4.78 is 20.0. The van der Waals surface area contributed by atoms with Crippen molar-refractivity contribution in [3.8, 4) is 11.5 Å². The highest BCUT2D eigenvalue weighted by Gasteiger charge is 2.11. The first-order valence-electron chi connectivity index (χ1n) is 6.02. The van der Waals surface area contributed by atoms with Gasteiger partial charge in [0.05, 0.1) is 5.69 Å². The minimum atomic E-state index is -0.306. The molecular formula is C13H10ClFN4OS. The molecule has 5 nitrogen and oxygen atoms in total. The lowest BCUT2D eigenvalue weighted by Crippen LogP contribution is -1.90. The molecule has 8 heteroatoms. The minimum Gasteiger partial charge on any atom is -0.411 e.